The van der Waals surface area contributed by atoms with E-state index in [0.29, 0.717) is 12.4 Å². The van der Waals surface area contributed by atoms with Gasteiger partial charge in [0.15, 0.2) is 0 Å². The van der Waals surface area contributed by atoms with Crippen molar-refractivity contribution in [3.63, 3.8) is 0 Å². The Hall–Kier alpha value is -1.09. The average molecular weight is 253 g/mol. The number of nitrogens with two attached hydrogens (primary N) is 1. The van der Waals surface area contributed by atoms with Crippen LogP contribution in [0.3, 0.4) is 0 Å². The van der Waals surface area contributed by atoms with Crippen LogP contribution in [0.1, 0.15) is 57.6 Å². The third-order valence-corrected chi connectivity index (χ3v) is 2.97. The number of halogens is 1. The van der Waals surface area contributed by atoms with Gasteiger partial charge in [-0.3, -0.25) is 0 Å². The molecule has 0 radical (unpaired) electrons. The lowest BCUT2D eigenvalue weighted by Gasteiger charge is -2.14. The highest BCUT2D eigenvalue weighted by Gasteiger charge is 2.09. The third kappa shape index (κ3) is 5.05. The van der Waals surface area contributed by atoms with Crippen molar-refractivity contribution in [2.24, 2.45) is 5.73 Å². The van der Waals surface area contributed by atoms with Crippen LogP contribution in [0.2, 0.25) is 0 Å². The van der Waals surface area contributed by atoms with E-state index in [0.717, 1.165) is 18.4 Å². The predicted molar refractivity (Wildman–Crippen MR) is 73.3 cm³/mol. The molecule has 0 spiro atoms. The largest absolute Gasteiger partial charge is 0.493 e. The van der Waals surface area contributed by atoms with Gasteiger partial charge < -0.3 is 10.5 Å². The van der Waals surface area contributed by atoms with Gasteiger partial charge >= 0.3 is 0 Å². The van der Waals surface area contributed by atoms with Crippen LogP contribution in [0, 0.1) is 5.82 Å². The number of rotatable bonds is 8. The summed E-state index contributed by atoms with van der Waals surface area (Å²) in [5.74, 6) is 0.306. The van der Waals surface area contributed by atoms with E-state index in [1.807, 2.05) is 6.92 Å². The molecule has 1 aromatic carbocycles. The summed E-state index contributed by atoms with van der Waals surface area (Å²) in [6.45, 7) is 4.70. The van der Waals surface area contributed by atoms with E-state index >= 15 is 0 Å². The maximum Gasteiger partial charge on any atom is 0.126 e. The minimum absolute atomic E-state index is 0.138. The molecule has 0 fully saturated rings. The molecule has 0 aromatic heterocycles. The smallest absolute Gasteiger partial charge is 0.126 e. The summed E-state index contributed by atoms with van der Waals surface area (Å²) in [4.78, 5) is 0. The molecule has 18 heavy (non-hydrogen) atoms. The fourth-order valence-corrected chi connectivity index (χ4v) is 1.90. The number of hydrogen-bond acceptors (Lipinski definition) is 2. The Labute approximate surface area is 109 Å². The highest BCUT2D eigenvalue weighted by atomic mass is 19.1. The minimum Gasteiger partial charge on any atom is -0.493 e. The van der Waals surface area contributed by atoms with Crippen molar-refractivity contribution < 1.29 is 9.13 Å². The summed E-state index contributed by atoms with van der Waals surface area (Å²) in [6, 6.07) is 4.41. The molecular formula is C15H24FNO. The minimum atomic E-state index is -0.277. The van der Waals surface area contributed by atoms with E-state index in [-0.39, 0.29) is 11.9 Å². The molecule has 0 heterocycles. The van der Waals surface area contributed by atoms with Crippen LogP contribution in [0.5, 0.6) is 5.75 Å². The Kier molecular flexibility index (Phi) is 6.73. The number of hydrogen-bond donors (Lipinski definition) is 1. The first kappa shape index (κ1) is 15.0. The fraction of sp³-hybridized carbons (Fsp3) is 0.600. The second kappa shape index (κ2) is 8.09. The van der Waals surface area contributed by atoms with Gasteiger partial charge in [-0.2, -0.15) is 0 Å². The molecule has 102 valence electrons. The van der Waals surface area contributed by atoms with Crippen molar-refractivity contribution in [2.75, 3.05) is 6.61 Å². The quantitative estimate of drug-likeness (QED) is 0.705. The second-order valence-electron chi connectivity index (χ2n) is 4.73. The molecule has 2 nitrogen and oxygen atoms in total. The van der Waals surface area contributed by atoms with Crippen LogP contribution in [0.15, 0.2) is 18.2 Å². The molecule has 0 saturated carbocycles. The first-order chi connectivity index (χ1) is 8.65. The molecule has 0 amide bonds. The van der Waals surface area contributed by atoms with Crippen molar-refractivity contribution in [3.05, 3.63) is 29.6 Å². The fourth-order valence-electron chi connectivity index (χ4n) is 1.90. The molecular weight excluding hydrogens is 229 g/mol. The summed E-state index contributed by atoms with van der Waals surface area (Å²) < 4.78 is 18.8. The molecule has 0 unspecified atom stereocenters. The van der Waals surface area contributed by atoms with Crippen LogP contribution in [-0.2, 0) is 0 Å². The summed E-state index contributed by atoms with van der Waals surface area (Å²) in [7, 11) is 0. The molecule has 1 rings (SSSR count). The lowest BCUT2D eigenvalue weighted by molar-refractivity contribution is 0.299. The highest BCUT2D eigenvalue weighted by Crippen LogP contribution is 2.25. The Morgan fingerprint density at radius 3 is 2.61 bits per heavy atom. The van der Waals surface area contributed by atoms with Crippen molar-refractivity contribution in [1.29, 1.82) is 0 Å². The van der Waals surface area contributed by atoms with Gasteiger partial charge in [0.1, 0.15) is 11.6 Å². The zero-order valence-corrected chi connectivity index (χ0v) is 11.4. The first-order valence-corrected chi connectivity index (χ1v) is 6.83. The van der Waals surface area contributed by atoms with Gasteiger partial charge in [0.2, 0.25) is 0 Å². The third-order valence-electron chi connectivity index (χ3n) is 2.97. The Morgan fingerprint density at radius 2 is 1.94 bits per heavy atom. The molecule has 1 aromatic rings. The SMILES string of the molecule is CCCCCCCOc1cc(F)ccc1[C@@H](C)N. The van der Waals surface area contributed by atoms with Gasteiger partial charge in [-0.25, -0.2) is 4.39 Å². The second-order valence-corrected chi connectivity index (χ2v) is 4.73. The Bertz CT molecular complexity index is 352. The van der Waals surface area contributed by atoms with Crippen molar-refractivity contribution in [3.8, 4) is 5.75 Å². The molecule has 0 aliphatic carbocycles. The first-order valence-electron chi connectivity index (χ1n) is 6.83. The summed E-state index contributed by atoms with van der Waals surface area (Å²) in [6.07, 6.45) is 5.92. The normalized spacial score (nSPS) is 12.4. The zero-order chi connectivity index (χ0) is 13.4. The molecule has 2 N–H and O–H groups in total. The molecule has 1 atom stereocenters. The van der Waals surface area contributed by atoms with Gasteiger partial charge in [-0.05, 0) is 19.4 Å². The van der Waals surface area contributed by atoms with Crippen LogP contribution in [0.25, 0.3) is 0 Å². The van der Waals surface area contributed by atoms with Gasteiger partial charge in [-0.1, -0.05) is 38.7 Å². The van der Waals surface area contributed by atoms with E-state index < -0.39 is 0 Å². The van der Waals surface area contributed by atoms with Crippen LogP contribution in [-0.4, -0.2) is 6.61 Å². The number of unbranched alkanes of at least 4 members (excludes halogenated alkanes) is 4. The molecule has 3 heteroatoms. The Morgan fingerprint density at radius 1 is 1.22 bits per heavy atom. The topological polar surface area (TPSA) is 35.2 Å². The van der Waals surface area contributed by atoms with Crippen LogP contribution < -0.4 is 10.5 Å². The van der Waals surface area contributed by atoms with Crippen molar-refractivity contribution >= 4 is 0 Å². The van der Waals surface area contributed by atoms with Gasteiger partial charge in [0, 0.05) is 17.7 Å². The van der Waals surface area contributed by atoms with Crippen LogP contribution >= 0.6 is 0 Å². The average Bonchev–Trinajstić information content (AvgIpc) is 2.33. The van der Waals surface area contributed by atoms with E-state index in [1.165, 1.54) is 31.4 Å². The van der Waals surface area contributed by atoms with Gasteiger partial charge in [0.25, 0.3) is 0 Å². The maximum absolute atomic E-state index is 13.2. The highest BCUT2D eigenvalue weighted by molar-refractivity contribution is 5.36. The predicted octanol–water partition coefficient (Wildman–Crippen LogP) is 4.19. The van der Waals surface area contributed by atoms with E-state index in [2.05, 4.69) is 6.92 Å². The monoisotopic (exact) mass is 253 g/mol. The van der Waals surface area contributed by atoms with Crippen molar-refractivity contribution in [2.45, 2.75) is 52.0 Å². The van der Waals surface area contributed by atoms with Gasteiger partial charge in [0.05, 0.1) is 6.61 Å². The standard InChI is InChI=1S/C15H24FNO/c1-3-4-5-6-7-10-18-15-11-13(16)8-9-14(15)12(2)17/h8-9,11-12H,3-7,10,17H2,1-2H3/t12-/m1/s1. The molecule has 0 bridgehead atoms. The summed E-state index contributed by atoms with van der Waals surface area (Å²) in [5, 5.41) is 0. The summed E-state index contributed by atoms with van der Waals surface area (Å²) in [5.41, 5.74) is 6.70. The molecule has 0 aliphatic rings. The lowest BCUT2D eigenvalue weighted by Crippen LogP contribution is -2.09. The van der Waals surface area contributed by atoms with E-state index in [9.17, 15) is 4.39 Å². The van der Waals surface area contributed by atoms with Crippen LogP contribution in [0.4, 0.5) is 4.39 Å². The lowest BCUT2D eigenvalue weighted by atomic mass is 10.1. The molecule has 0 saturated heterocycles. The zero-order valence-electron chi connectivity index (χ0n) is 11.4. The van der Waals surface area contributed by atoms with Crippen molar-refractivity contribution in [1.82, 2.24) is 0 Å². The van der Waals surface area contributed by atoms with E-state index in [4.69, 9.17) is 10.5 Å². The van der Waals surface area contributed by atoms with Gasteiger partial charge in [-0.15, -0.1) is 0 Å². The molecule has 0 aliphatic heterocycles. The maximum atomic E-state index is 13.2. The van der Waals surface area contributed by atoms with E-state index in [1.54, 1.807) is 6.07 Å². The number of ether oxygens (including phenoxy) is 1. The number of benzene rings is 1. The Balaban J connectivity index is 2.43. The summed E-state index contributed by atoms with van der Waals surface area (Å²) >= 11 is 0.